The fraction of sp³-hybridized carbons (Fsp3) is 0.536. The van der Waals surface area contributed by atoms with Crippen molar-refractivity contribution >= 4 is 17.5 Å². The number of pyridine rings is 1. The number of amides is 2. The number of nitrogens with zero attached hydrogens (tertiary/aromatic N) is 2. The van der Waals surface area contributed by atoms with Gasteiger partial charge in [-0.25, -0.2) is 0 Å². The molecule has 0 spiro atoms. The van der Waals surface area contributed by atoms with Gasteiger partial charge in [0.15, 0.2) is 0 Å². The van der Waals surface area contributed by atoms with Crippen molar-refractivity contribution in [3.8, 4) is 0 Å². The Kier molecular flexibility index (Phi) is 7.67. The van der Waals surface area contributed by atoms with E-state index in [0.717, 1.165) is 56.3 Å². The van der Waals surface area contributed by atoms with Gasteiger partial charge in [-0.05, 0) is 61.4 Å². The lowest BCUT2D eigenvalue weighted by atomic mass is 9.87. The highest BCUT2D eigenvalue weighted by atomic mass is 16.2. The quantitative estimate of drug-likeness (QED) is 0.655. The zero-order valence-corrected chi connectivity index (χ0v) is 20.7. The first-order chi connectivity index (χ1) is 16.3. The minimum atomic E-state index is -0.772. The van der Waals surface area contributed by atoms with E-state index in [-0.39, 0.29) is 29.3 Å². The lowest BCUT2D eigenvalue weighted by Gasteiger charge is -2.35. The van der Waals surface area contributed by atoms with Crippen molar-refractivity contribution < 1.29 is 9.59 Å². The van der Waals surface area contributed by atoms with E-state index in [1.807, 2.05) is 24.3 Å². The summed E-state index contributed by atoms with van der Waals surface area (Å²) in [6.07, 6.45) is 10.6. The molecule has 2 fully saturated rings. The highest BCUT2D eigenvalue weighted by Gasteiger charge is 2.38. The summed E-state index contributed by atoms with van der Waals surface area (Å²) < 4.78 is 0. The van der Waals surface area contributed by atoms with E-state index in [9.17, 15) is 9.59 Å². The van der Waals surface area contributed by atoms with Crippen molar-refractivity contribution in [3.05, 3.63) is 59.9 Å². The summed E-state index contributed by atoms with van der Waals surface area (Å²) in [6, 6.07) is 10.9. The zero-order chi connectivity index (χ0) is 24.1. The van der Waals surface area contributed by atoms with Gasteiger partial charge in [0.1, 0.15) is 6.04 Å². The maximum absolute atomic E-state index is 13.9. The molecule has 1 aliphatic heterocycles. The molecule has 1 aliphatic carbocycles. The lowest BCUT2D eigenvalue weighted by molar-refractivity contribution is -0.128. The Morgan fingerprint density at radius 2 is 1.76 bits per heavy atom. The van der Waals surface area contributed by atoms with Crippen LogP contribution >= 0.6 is 0 Å². The molecular weight excluding hydrogens is 424 g/mol. The van der Waals surface area contributed by atoms with Crippen LogP contribution in [-0.2, 0) is 15.0 Å². The smallest absolute Gasteiger partial charge is 0.248 e. The third-order valence-corrected chi connectivity index (χ3v) is 7.07. The van der Waals surface area contributed by atoms with E-state index in [1.54, 1.807) is 17.3 Å². The maximum Gasteiger partial charge on any atom is 0.248 e. The van der Waals surface area contributed by atoms with Crippen LogP contribution in [0.4, 0.5) is 5.69 Å². The normalized spacial score (nSPS) is 20.0. The first-order valence-corrected chi connectivity index (χ1v) is 12.7. The van der Waals surface area contributed by atoms with E-state index in [0.29, 0.717) is 0 Å². The first-order valence-electron chi connectivity index (χ1n) is 12.7. The average Bonchev–Trinajstić information content (AvgIpc) is 3.38. The molecule has 2 aliphatic rings. The minimum Gasteiger partial charge on any atom is -0.351 e. The van der Waals surface area contributed by atoms with E-state index >= 15 is 0 Å². The van der Waals surface area contributed by atoms with Crippen LogP contribution in [0, 0.1) is 0 Å². The Labute approximate surface area is 203 Å². The van der Waals surface area contributed by atoms with Gasteiger partial charge in [0, 0.05) is 29.7 Å². The largest absolute Gasteiger partial charge is 0.351 e. The highest BCUT2D eigenvalue weighted by molar-refractivity contribution is 6.03. The summed E-state index contributed by atoms with van der Waals surface area (Å²) in [5, 5.41) is 6.60. The van der Waals surface area contributed by atoms with Crippen molar-refractivity contribution in [3.63, 3.8) is 0 Å². The molecule has 6 heteroatoms. The van der Waals surface area contributed by atoms with Crippen LogP contribution in [0.3, 0.4) is 0 Å². The summed E-state index contributed by atoms with van der Waals surface area (Å²) in [6.45, 7) is 7.33. The molecule has 2 N–H and O–H groups in total. The molecule has 2 atom stereocenters. The first kappa shape index (κ1) is 24.4. The van der Waals surface area contributed by atoms with E-state index in [4.69, 9.17) is 0 Å². The topological polar surface area (TPSA) is 74.3 Å². The molecule has 1 unspecified atom stereocenters. The van der Waals surface area contributed by atoms with Crippen molar-refractivity contribution in [2.24, 2.45) is 0 Å². The van der Waals surface area contributed by atoms with Gasteiger partial charge in [0.25, 0.3) is 0 Å². The molecule has 1 aromatic carbocycles. The summed E-state index contributed by atoms with van der Waals surface area (Å²) in [4.78, 5) is 33.7. The number of hydrogen-bond donors (Lipinski definition) is 2. The minimum absolute atomic E-state index is 0.00147. The van der Waals surface area contributed by atoms with Crippen LogP contribution in [0.1, 0.15) is 82.9 Å². The van der Waals surface area contributed by atoms with Crippen LogP contribution in [0.15, 0.2) is 48.8 Å². The second-order valence-corrected chi connectivity index (χ2v) is 10.7. The van der Waals surface area contributed by atoms with Gasteiger partial charge in [-0.3, -0.25) is 19.5 Å². The van der Waals surface area contributed by atoms with E-state index in [2.05, 4.69) is 48.5 Å². The molecule has 2 heterocycles. The number of anilines is 1. The summed E-state index contributed by atoms with van der Waals surface area (Å²) >= 11 is 0. The van der Waals surface area contributed by atoms with Crippen LogP contribution < -0.4 is 15.5 Å². The Morgan fingerprint density at radius 3 is 2.35 bits per heavy atom. The monoisotopic (exact) mass is 462 g/mol. The van der Waals surface area contributed by atoms with Crippen LogP contribution in [-0.4, -0.2) is 35.4 Å². The Bertz CT molecular complexity index is 956. The molecule has 2 amide bonds. The number of nitrogens with one attached hydrogen (secondary N) is 2. The molecule has 34 heavy (non-hydrogen) atoms. The fourth-order valence-corrected chi connectivity index (χ4v) is 5.07. The molecule has 1 aromatic heterocycles. The van der Waals surface area contributed by atoms with Crippen LogP contribution in [0.25, 0.3) is 0 Å². The zero-order valence-electron chi connectivity index (χ0n) is 20.7. The van der Waals surface area contributed by atoms with Gasteiger partial charge in [-0.15, -0.1) is 0 Å². The van der Waals surface area contributed by atoms with Crippen molar-refractivity contribution in [2.45, 2.75) is 89.3 Å². The van der Waals surface area contributed by atoms with E-state index in [1.165, 1.54) is 12.0 Å². The van der Waals surface area contributed by atoms with Gasteiger partial charge in [-0.2, -0.15) is 0 Å². The second kappa shape index (κ2) is 10.7. The third-order valence-electron chi connectivity index (χ3n) is 7.07. The predicted molar refractivity (Wildman–Crippen MR) is 136 cm³/mol. The molecule has 0 radical (unpaired) electrons. The Balaban J connectivity index is 1.73. The number of hydrogen-bond acceptors (Lipinski definition) is 4. The number of carbonyl (C=O) groups is 2. The molecule has 2 aromatic rings. The van der Waals surface area contributed by atoms with Crippen LogP contribution in [0.2, 0.25) is 0 Å². The van der Waals surface area contributed by atoms with E-state index < -0.39 is 6.04 Å². The number of carbonyl (C=O) groups excluding carboxylic acids is 2. The SMILES string of the molecule is CC(C)(C)c1ccc(N(C(=O)[C@H]2CCCN2)C(C(=O)NC2CCCCC2)c2cccnc2)cc1. The van der Waals surface area contributed by atoms with Gasteiger partial charge in [-0.1, -0.05) is 58.2 Å². The highest BCUT2D eigenvalue weighted by Crippen LogP contribution is 2.32. The number of aromatic nitrogens is 1. The van der Waals surface area contributed by atoms with Gasteiger partial charge in [0.2, 0.25) is 11.8 Å². The molecule has 0 bridgehead atoms. The molecule has 6 nitrogen and oxygen atoms in total. The van der Waals surface area contributed by atoms with Crippen molar-refractivity contribution in [1.82, 2.24) is 15.6 Å². The average molecular weight is 463 g/mol. The lowest BCUT2D eigenvalue weighted by Crippen LogP contribution is -2.51. The second-order valence-electron chi connectivity index (χ2n) is 10.7. The Morgan fingerprint density at radius 1 is 1.03 bits per heavy atom. The van der Waals surface area contributed by atoms with Crippen molar-refractivity contribution in [1.29, 1.82) is 0 Å². The molecular formula is C28H38N4O2. The summed E-state index contributed by atoms with van der Waals surface area (Å²) in [5.41, 5.74) is 2.65. The van der Waals surface area contributed by atoms with Gasteiger partial charge >= 0.3 is 0 Å². The summed E-state index contributed by atoms with van der Waals surface area (Å²) in [5.74, 6) is -0.195. The number of rotatable bonds is 6. The molecule has 1 saturated heterocycles. The molecule has 182 valence electrons. The maximum atomic E-state index is 13.9. The standard InChI is InChI=1S/C28H38N4O2/c1-28(2,3)21-13-15-23(16-14-21)32(27(34)24-12-8-18-30-24)25(20-9-7-17-29-19-20)26(33)31-22-10-5-4-6-11-22/h7,9,13-17,19,22,24-25,30H,4-6,8,10-12,18H2,1-3H3,(H,31,33)/t24-,25?/m1/s1. The van der Waals surface area contributed by atoms with Crippen LogP contribution in [0.5, 0.6) is 0 Å². The third kappa shape index (κ3) is 5.66. The fourth-order valence-electron chi connectivity index (χ4n) is 5.07. The summed E-state index contributed by atoms with van der Waals surface area (Å²) in [7, 11) is 0. The van der Waals surface area contributed by atoms with Gasteiger partial charge in [0.05, 0.1) is 6.04 Å². The van der Waals surface area contributed by atoms with Crippen molar-refractivity contribution in [2.75, 3.05) is 11.4 Å². The molecule has 4 rings (SSSR count). The Hall–Kier alpha value is -2.73. The molecule has 1 saturated carbocycles. The number of benzene rings is 1. The predicted octanol–water partition coefficient (Wildman–Crippen LogP) is 4.65. The van der Waals surface area contributed by atoms with Gasteiger partial charge < -0.3 is 10.6 Å².